The van der Waals surface area contributed by atoms with Gasteiger partial charge in [-0.05, 0) is 5.92 Å². The van der Waals surface area contributed by atoms with Crippen molar-refractivity contribution in [2.75, 3.05) is 0 Å². The van der Waals surface area contributed by atoms with Crippen LogP contribution in [0.2, 0.25) is 0 Å². The minimum absolute atomic E-state index is 0. The Bertz CT molecular complexity index is 35.3. The first kappa shape index (κ1) is 22.7. The number of rotatable bonds is 3. The first-order valence-corrected chi connectivity index (χ1v) is 4.68. The summed E-state index contributed by atoms with van der Waals surface area (Å²) >= 11 is 0. The van der Waals surface area contributed by atoms with Crippen LogP contribution in [0.5, 0.6) is 0 Å². The average Bonchev–Trinajstić information content (AvgIpc) is 1.91. The van der Waals surface area contributed by atoms with Crippen LogP contribution in [0, 0.1) is 5.92 Å². The monoisotopic (exact) mass is 176 g/mol. The SMILES string of the molecule is C.C.CCC(C)C.CCCCC. The molecule has 0 fully saturated rings. The van der Waals surface area contributed by atoms with Crippen LogP contribution < -0.4 is 0 Å². The van der Waals surface area contributed by atoms with Crippen LogP contribution in [0.15, 0.2) is 0 Å². The van der Waals surface area contributed by atoms with Crippen molar-refractivity contribution < 1.29 is 0 Å². The third-order valence-electron chi connectivity index (χ3n) is 1.52. The summed E-state index contributed by atoms with van der Waals surface area (Å²) in [5.74, 6) is 0.884. The van der Waals surface area contributed by atoms with Gasteiger partial charge in [0.05, 0.1) is 0 Å². The van der Waals surface area contributed by atoms with Gasteiger partial charge in [0.15, 0.2) is 0 Å². The molecule has 0 heteroatoms. The topological polar surface area (TPSA) is 0 Å². The molecular formula is C12H32. The van der Waals surface area contributed by atoms with E-state index >= 15 is 0 Å². The van der Waals surface area contributed by atoms with E-state index in [0.29, 0.717) is 0 Å². The second kappa shape index (κ2) is 22.4. The summed E-state index contributed by atoms with van der Waals surface area (Å²) in [7, 11) is 0. The van der Waals surface area contributed by atoms with Crippen molar-refractivity contribution in [3.05, 3.63) is 0 Å². The number of hydrogen-bond acceptors (Lipinski definition) is 0. The van der Waals surface area contributed by atoms with E-state index in [9.17, 15) is 0 Å². The summed E-state index contributed by atoms with van der Waals surface area (Å²) in [5, 5.41) is 0. The van der Waals surface area contributed by atoms with Gasteiger partial charge in [0.2, 0.25) is 0 Å². The fraction of sp³-hybridized carbons (Fsp3) is 1.00. The van der Waals surface area contributed by atoms with Crippen molar-refractivity contribution >= 4 is 0 Å². The lowest BCUT2D eigenvalue weighted by Gasteiger charge is -1.90. The second-order valence-corrected chi connectivity index (χ2v) is 3.16. The molecule has 0 radical (unpaired) electrons. The van der Waals surface area contributed by atoms with E-state index in [2.05, 4.69) is 34.6 Å². The predicted molar refractivity (Wildman–Crippen MR) is 63.8 cm³/mol. The highest BCUT2D eigenvalue weighted by atomic mass is 13.9. The molecule has 0 aromatic heterocycles. The van der Waals surface area contributed by atoms with Crippen molar-refractivity contribution in [2.45, 2.75) is 75.2 Å². The van der Waals surface area contributed by atoms with E-state index in [4.69, 9.17) is 0 Å². The Hall–Kier alpha value is 0. The van der Waals surface area contributed by atoms with Gasteiger partial charge >= 0.3 is 0 Å². The molecular weight excluding hydrogens is 144 g/mol. The molecule has 0 spiro atoms. The van der Waals surface area contributed by atoms with Gasteiger partial charge in [0, 0.05) is 0 Å². The van der Waals surface area contributed by atoms with E-state index in [-0.39, 0.29) is 14.9 Å². The lowest BCUT2D eigenvalue weighted by molar-refractivity contribution is 0.626. The molecule has 0 aromatic carbocycles. The smallest absolute Gasteiger partial charge is 0.0474 e. The molecule has 0 aliphatic heterocycles. The quantitative estimate of drug-likeness (QED) is 0.531. The number of hydrogen-bond donors (Lipinski definition) is 0. The third kappa shape index (κ3) is 50.6. The van der Waals surface area contributed by atoms with E-state index < -0.39 is 0 Å². The Morgan fingerprint density at radius 3 is 1.08 bits per heavy atom. The molecule has 0 rings (SSSR count). The Kier molecular flexibility index (Phi) is 42.4. The predicted octanol–water partition coefficient (Wildman–Crippen LogP) is 5.52. The van der Waals surface area contributed by atoms with Crippen molar-refractivity contribution in [3.63, 3.8) is 0 Å². The molecule has 0 aromatic rings. The highest BCUT2D eigenvalue weighted by Crippen LogP contribution is 1.93. The van der Waals surface area contributed by atoms with Gasteiger partial charge in [-0.25, -0.2) is 0 Å². The molecule has 80 valence electrons. The van der Waals surface area contributed by atoms with Crippen LogP contribution >= 0.6 is 0 Å². The lowest BCUT2D eigenvalue weighted by Crippen LogP contribution is -1.77. The van der Waals surface area contributed by atoms with E-state index in [1.165, 1.54) is 25.7 Å². The van der Waals surface area contributed by atoms with Crippen LogP contribution in [0.1, 0.15) is 75.2 Å². The summed E-state index contributed by atoms with van der Waals surface area (Å²) in [4.78, 5) is 0. The lowest BCUT2D eigenvalue weighted by atomic mass is 10.2. The minimum atomic E-state index is 0. The zero-order chi connectivity index (χ0) is 8.41. The fourth-order valence-corrected chi connectivity index (χ4v) is 0.354. The van der Waals surface area contributed by atoms with Gasteiger partial charge in [-0.3, -0.25) is 0 Å². The maximum atomic E-state index is 2.22. The zero-order valence-corrected chi connectivity index (χ0v) is 8.41. The number of unbranched alkanes of at least 4 members (excludes halogenated alkanes) is 2. The van der Waals surface area contributed by atoms with Crippen molar-refractivity contribution in [2.24, 2.45) is 5.92 Å². The molecule has 0 saturated carbocycles. The maximum absolute atomic E-state index is 2.22. The molecule has 0 nitrogen and oxygen atoms in total. The highest BCUT2D eigenvalue weighted by Gasteiger charge is 1.80. The van der Waals surface area contributed by atoms with Gasteiger partial charge in [-0.15, -0.1) is 0 Å². The minimum Gasteiger partial charge on any atom is -0.0776 e. The summed E-state index contributed by atoms with van der Waals surface area (Å²) in [6, 6.07) is 0. The first-order chi connectivity index (χ1) is 4.68. The van der Waals surface area contributed by atoms with Crippen molar-refractivity contribution in [3.8, 4) is 0 Å². The van der Waals surface area contributed by atoms with Crippen LogP contribution in [0.3, 0.4) is 0 Å². The largest absolute Gasteiger partial charge is 0.0776 e. The van der Waals surface area contributed by atoms with E-state index in [1.54, 1.807) is 0 Å². The molecule has 0 heterocycles. The molecule has 0 N–H and O–H groups in total. The van der Waals surface area contributed by atoms with Crippen LogP contribution in [0.25, 0.3) is 0 Å². The van der Waals surface area contributed by atoms with Crippen molar-refractivity contribution in [1.82, 2.24) is 0 Å². The molecule has 0 aliphatic carbocycles. The summed E-state index contributed by atoms with van der Waals surface area (Å²) in [5.41, 5.74) is 0. The summed E-state index contributed by atoms with van der Waals surface area (Å²) in [6.07, 6.45) is 5.38. The van der Waals surface area contributed by atoms with Gasteiger partial charge < -0.3 is 0 Å². The molecule has 0 saturated heterocycles. The van der Waals surface area contributed by atoms with Crippen LogP contribution in [0.4, 0.5) is 0 Å². The van der Waals surface area contributed by atoms with Gasteiger partial charge in [0.1, 0.15) is 0 Å². The Morgan fingerprint density at radius 2 is 1.08 bits per heavy atom. The summed E-state index contributed by atoms with van der Waals surface area (Å²) in [6.45, 7) is 11.1. The third-order valence-corrected chi connectivity index (χ3v) is 1.52. The Labute approximate surface area is 81.8 Å². The molecule has 0 atom stereocenters. The summed E-state index contributed by atoms with van der Waals surface area (Å²) < 4.78 is 0. The van der Waals surface area contributed by atoms with E-state index in [1.807, 2.05) is 0 Å². The molecule has 0 bridgehead atoms. The second-order valence-electron chi connectivity index (χ2n) is 3.16. The maximum Gasteiger partial charge on any atom is -0.0474 e. The normalized spacial score (nSPS) is 7.50. The van der Waals surface area contributed by atoms with Crippen LogP contribution in [-0.4, -0.2) is 0 Å². The van der Waals surface area contributed by atoms with Crippen LogP contribution in [-0.2, 0) is 0 Å². The first-order valence-electron chi connectivity index (χ1n) is 4.68. The van der Waals surface area contributed by atoms with Gasteiger partial charge in [-0.1, -0.05) is 75.2 Å². The highest BCUT2D eigenvalue weighted by molar-refractivity contribution is 4.32. The van der Waals surface area contributed by atoms with Gasteiger partial charge in [0.25, 0.3) is 0 Å². The average molecular weight is 176 g/mol. The fourth-order valence-electron chi connectivity index (χ4n) is 0.354. The molecule has 0 amide bonds. The molecule has 0 aliphatic rings. The standard InChI is InChI=1S/2C5H12.2CH4/c1-4-5(2)3;1-3-5-4-2;;/h5H,4H2,1-3H3;3-5H2,1-2H3;2*1H4. The zero-order valence-electron chi connectivity index (χ0n) is 8.41. The Balaban J connectivity index is -0.0000000457. The van der Waals surface area contributed by atoms with Gasteiger partial charge in [-0.2, -0.15) is 0 Å². The molecule has 12 heavy (non-hydrogen) atoms. The van der Waals surface area contributed by atoms with Crippen molar-refractivity contribution in [1.29, 1.82) is 0 Å². The Morgan fingerprint density at radius 1 is 0.833 bits per heavy atom. The molecule has 0 unspecified atom stereocenters. The van der Waals surface area contributed by atoms with E-state index in [0.717, 1.165) is 5.92 Å².